The number of fused-ring (bicyclic) bond motifs is 1. The first-order valence-electron chi connectivity index (χ1n) is 9.21. The fourth-order valence-electron chi connectivity index (χ4n) is 3.75. The van der Waals surface area contributed by atoms with Crippen molar-refractivity contribution in [3.05, 3.63) is 54.1 Å². The van der Waals surface area contributed by atoms with E-state index in [2.05, 4.69) is 15.3 Å². The van der Waals surface area contributed by atoms with Crippen molar-refractivity contribution in [1.82, 2.24) is 24.9 Å². The van der Waals surface area contributed by atoms with Gasteiger partial charge in [0.15, 0.2) is 5.69 Å². The molecule has 0 saturated heterocycles. The first-order chi connectivity index (χ1) is 12.7. The van der Waals surface area contributed by atoms with Crippen LogP contribution in [0.4, 0.5) is 0 Å². The van der Waals surface area contributed by atoms with Crippen molar-refractivity contribution in [2.45, 2.75) is 44.7 Å². The van der Waals surface area contributed by atoms with Crippen LogP contribution in [0.25, 0.3) is 10.8 Å². The van der Waals surface area contributed by atoms with Crippen molar-refractivity contribution in [1.29, 1.82) is 0 Å². The van der Waals surface area contributed by atoms with Gasteiger partial charge in [-0.3, -0.25) is 9.78 Å². The van der Waals surface area contributed by atoms with Crippen LogP contribution in [0.1, 0.15) is 54.2 Å². The van der Waals surface area contributed by atoms with E-state index in [-0.39, 0.29) is 5.91 Å². The third-order valence-corrected chi connectivity index (χ3v) is 5.20. The predicted molar refractivity (Wildman–Crippen MR) is 99.7 cm³/mol. The number of amides is 1. The Morgan fingerprint density at radius 2 is 2.08 bits per heavy atom. The van der Waals surface area contributed by atoms with Crippen LogP contribution in [-0.4, -0.2) is 37.8 Å². The zero-order valence-electron chi connectivity index (χ0n) is 15.0. The number of pyridine rings is 1. The summed E-state index contributed by atoms with van der Waals surface area (Å²) in [5, 5.41) is 10.5. The number of hydrogen-bond acceptors (Lipinski definition) is 4. The first-order valence-corrected chi connectivity index (χ1v) is 9.21. The van der Waals surface area contributed by atoms with Crippen LogP contribution < -0.4 is 0 Å². The maximum Gasteiger partial charge on any atom is 0.276 e. The molecule has 0 radical (unpaired) electrons. The lowest BCUT2D eigenvalue weighted by atomic mass is 9.96. The second kappa shape index (κ2) is 7.23. The summed E-state index contributed by atoms with van der Waals surface area (Å²) in [6.07, 6.45) is 11.4. The Labute approximate surface area is 152 Å². The number of benzene rings is 1. The molecule has 134 valence electrons. The molecule has 0 N–H and O–H groups in total. The SMILES string of the molecule is CN(Cc1cccc2cnccc12)C(=O)c1cn(C2CCCCC2)nn1. The van der Waals surface area contributed by atoms with Gasteiger partial charge in [0.25, 0.3) is 5.91 Å². The van der Waals surface area contributed by atoms with Gasteiger partial charge < -0.3 is 4.90 Å². The maximum atomic E-state index is 12.8. The number of aromatic nitrogens is 4. The van der Waals surface area contributed by atoms with Gasteiger partial charge in [-0.2, -0.15) is 0 Å². The molecule has 0 spiro atoms. The smallest absolute Gasteiger partial charge is 0.276 e. The van der Waals surface area contributed by atoms with Crippen molar-refractivity contribution >= 4 is 16.7 Å². The molecule has 2 aromatic heterocycles. The molecule has 0 atom stereocenters. The van der Waals surface area contributed by atoms with E-state index in [1.165, 1.54) is 19.3 Å². The highest BCUT2D eigenvalue weighted by Crippen LogP contribution is 2.27. The Morgan fingerprint density at radius 1 is 1.23 bits per heavy atom. The number of carbonyl (C=O) groups excluding carboxylic acids is 1. The summed E-state index contributed by atoms with van der Waals surface area (Å²) in [5.41, 5.74) is 1.51. The van der Waals surface area contributed by atoms with Crippen molar-refractivity contribution in [2.24, 2.45) is 0 Å². The maximum absolute atomic E-state index is 12.8. The molecule has 3 aromatic rings. The molecule has 1 aliphatic carbocycles. The highest BCUT2D eigenvalue weighted by atomic mass is 16.2. The largest absolute Gasteiger partial charge is 0.336 e. The number of carbonyl (C=O) groups is 1. The summed E-state index contributed by atoms with van der Waals surface area (Å²) < 4.78 is 1.88. The van der Waals surface area contributed by atoms with Gasteiger partial charge in [-0.15, -0.1) is 5.10 Å². The van der Waals surface area contributed by atoms with Crippen LogP contribution in [0.2, 0.25) is 0 Å². The molecule has 6 heteroatoms. The number of nitrogens with zero attached hydrogens (tertiary/aromatic N) is 5. The monoisotopic (exact) mass is 349 g/mol. The molecule has 26 heavy (non-hydrogen) atoms. The number of hydrogen-bond donors (Lipinski definition) is 0. The topological polar surface area (TPSA) is 63.9 Å². The van der Waals surface area contributed by atoms with E-state index in [4.69, 9.17) is 0 Å². The molecule has 4 rings (SSSR count). The zero-order chi connectivity index (χ0) is 17.9. The fraction of sp³-hybridized carbons (Fsp3) is 0.400. The minimum absolute atomic E-state index is 0.0990. The molecule has 6 nitrogen and oxygen atoms in total. The van der Waals surface area contributed by atoms with Crippen LogP contribution in [0, 0.1) is 0 Å². The van der Waals surface area contributed by atoms with E-state index in [0.717, 1.165) is 29.2 Å². The van der Waals surface area contributed by atoms with E-state index in [1.54, 1.807) is 11.1 Å². The molecule has 1 fully saturated rings. The Balaban J connectivity index is 1.50. The molecule has 0 bridgehead atoms. The van der Waals surface area contributed by atoms with Gasteiger partial charge in [0.1, 0.15) is 0 Å². The van der Waals surface area contributed by atoms with Crippen LogP contribution in [0.3, 0.4) is 0 Å². The standard InChI is InChI=1S/C20H23N5O/c1-24(13-16-7-5-6-15-12-21-11-10-18(15)16)20(26)19-14-25(23-22-19)17-8-3-2-4-9-17/h5-7,10-12,14,17H,2-4,8-9,13H2,1H3. The molecule has 1 aliphatic rings. The zero-order valence-corrected chi connectivity index (χ0v) is 15.0. The second-order valence-corrected chi connectivity index (χ2v) is 7.05. The van der Waals surface area contributed by atoms with Gasteiger partial charge in [0.2, 0.25) is 0 Å². The van der Waals surface area contributed by atoms with Crippen LogP contribution in [0.5, 0.6) is 0 Å². The van der Waals surface area contributed by atoms with Gasteiger partial charge >= 0.3 is 0 Å². The quantitative estimate of drug-likeness (QED) is 0.722. The van der Waals surface area contributed by atoms with Crippen LogP contribution >= 0.6 is 0 Å². The molecular formula is C20H23N5O. The van der Waals surface area contributed by atoms with E-state index in [1.807, 2.05) is 48.4 Å². The van der Waals surface area contributed by atoms with Gasteiger partial charge in [-0.25, -0.2) is 4.68 Å². The first kappa shape index (κ1) is 16.7. The molecule has 1 amide bonds. The summed E-state index contributed by atoms with van der Waals surface area (Å²) in [7, 11) is 1.81. The molecule has 2 heterocycles. The van der Waals surface area contributed by atoms with Gasteiger partial charge in [-0.1, -0.05) is 42.7 Å². The minimum Gasteiger partial charge on any atom is -0.336 e. The average Bonchev–Trinajstić information content (AvgIpc) is 3.18. The summed E-state index contributed by atoms with van der Waals surface area (Å²) in [6.45, 7) is 0.524. The molecular weight excluding hydrogens is 326 g/mol. The van der Waals surface area contributed by atoms with Crippen LogP contribution in [0.15, 0.2) is 42.9 Å². The van der Waals surface area contributed by atoms with E-state index in [0.29, 0.717) is 18.3 Å². The third-order valence-electron chi connectivity index (χ3n) is 5.20. The van der Waals surface area contributed by atoms with E-state index < -0.39 is 0 Å². The van der Waals surface area contributed by atoms with Gasteiger partial charge in [0.05, 0.1) is 12.2 Å². The van der Waals surface area contributed by atoms with Gasteiger partial charge in [-0.05, 0) is 29.9 Å². The Bertz CT molecular complexity index is 908. The van der Waals surface area contributed by atoms with Crippen molar-refractivity contribution in [3.63, 3.8) is 0 Å². The molecule has 1 aromatic carbocycles. The highest BCUT2D eigenvalue weighted by Gasteiger charge is 2.21. The molecule has 1 saturated carbocycles. The second-order valence-electron chi connectivity index (χ2n) is 7.05. The Morgan fingerprint density at radius 3 is 2.92 bits per heavy atom. The number of rotatable bonds is 4. The summed E-state index contributed by atoms with van der Waals surface area (Å²) >= 11 is 0. The van der Waals surface area contributed by atoms with Crippen LogP contribution in [-0.2, 0) is 6.54 Å². The molecule has 0 aliphatic heterocycles. The lowest BCUT2D eigenvalue weighted by Gasteiger charge is -2.21. The normalized spacial score (nSPS) is 15.3. The van der Waals surface area contributed by atoms with Gasteiger partial charge in [0, 0.05) is 31.4 Å². The Hall–Kier alpha value is -2.76. The summed E-state index contributed by atoms with van der Waals surface area (Å²) in [6, 6.07) is 8.45. The minimum atomic E-state index is -0.0990. The van der Waals surface area contributed by atoms with Crippen molar-refractivity contribution < 1.29 is 4.79 Å². The van der Waals surface area contributed by atoms with Crippen molar-refractivity contribution in [3.8, 4) is 0 Å². The Kier molecular flexibility index (Phi) is 4.65. The highest BCUT2D eigenvalue weighted by molar-refractivity contribution is 5.92. The third kappa shape index (κ3) is 3.31. The average molecular weight is 349 g/mol. The lowest BCUT2D eigenvalue weighted by Crippen LogP contribution is -2.26. The lowest BCUT2D eigenvalue weighted by molar-refractivity contribution is 0.0779. The van der Waals surface area contributed by atoms with Crippen molar-refractivity contribution in [2.75, 3.05) is 7.05 Å². The van der Waals surface area contributed by atoms with E-state index in [9.17, 15) is 4.79 Å². The molecule has 0 unspecified atom stereocenters. The van der Waals surface area contributed by atoms with E-state index >= 15 is 0 Å². The predicted octanol–water partition coefficient (Wildman–Crippen LogP) is 3.60. The fourth-order valence-corrected chi connectivity index (χ4v) is 3.75. The summed E-state index contributed by atoms with van der Waals surface area (Å²) in [4.78, 5) is 18.6. The summed E-state index contributed by atoms with van der Waals surface area (Å²) in [5.74, 6) is -0.0990.